The van der Waals surface area contributed by atoms with Gasteiger partial charge in [-0.15, -0.1) is 16.7 Å². The first-order valence-corrected chi connectivity index (χ1v) is 15.3. The highest BCUT2D eigenvalue weighted by Crippen LogP contribution is 2.54. The molecule has 0 saturated heterocycles. The lowest BCUT2D eigenvalue weighted by Crippen LogP contribution is -2.48. The molecule has 2 N–H and O–H groups in total. The van der Waals surface area contributed by atoms with Crippen molar-refractivity contribution in [1.82, 2.24) is 4.31 Å². The van der Waals surface area contributed by atoms with Gasteiger partial charge in [-0.2, -0.15) is 12.7 Å². The van der Waals surface area contributed by atoms with Crippen molar-refractivity contribution in [2.45, 2.75) is 64.2 Å². The van der Waals surface area contributed by atoms with Crippen LogP contribution in [0.1, 0.15) is 47.5 Å². The van der Waals surface area contributed by atoms with Crippen LogP contribution < -0.4 is 9.75 Å². The van der Waals surface area contributed by atoms with Crippen LogP contribution in [0.3, 0.4) is 0 Å². The third-order valence-electron chi connectivity index (χ3n) is 4.65. The second kappa shape index (κ2) is 11.7. The molecule has 1 unspecified atom stereocenters. The number of sulfonamides is 1. The summed E-state index contributed by atoms with van der Waals surface area (Å²) in [6, 6.07) is 5.40. The number of amides is 1. The number of carbonyl (C=O) groups is 1. The Morgan fingerprint density at radius 2 is 1.94 bits per heavy atom. The Labute approximate surface area is 215 Å². The second-order valence-electron chi connectivity index (χ2n) is 8.53. The van der Waals surface area contributed by atoms with Gasteiger partial charge in [-0.1, -0.05) is 31.7 Å². The molecule has 1 atom stereocenters. The largest absolute Gasteiger partial charge is 0.492 e. The monoisotopic (exact) mass is 571 g/mol. The van der Waals surface area contributed by atoms with E-state index in [1.807, 2.05) is 0 Å². The molecule has 1 amide bonds. The number of halogens is 1. The highest BCUT2D eigenvalue weighted by Gasteiger charge is 2.49. The van der Waals surface area contributed by atoms with Crippen LogP contribution in [0.2, 0.25) is 0 Å². The molecule has 0 spiro atoms. The summed E-state index contributed by atoms with van der Waals surface area (Å²) in [5.41, 5.74) is -0.778. The van der Waals surface area contributed by atoms with Crippen LogP contribution in [0, 0.1) is 0 Å². The van der Waals surface area contributed by atoms with Crippen LogP contribution in [0.4, 0.5) is 10.5 Å². The molecule has 1 heterocycles. The first-order valence-electron chi connectivity index (χ1n) is 10.8. The lowest BCUT2D eigenvalue weighted by molar-refractivity contribution is 0.0336. The molecule has 0 saturated carbocycles. The minimum Gasteiger partial charge on any atom is -0.492 e. The Morgan fingerprint density at radius 3 is 2.46 bits per heavy atom. The lowest BCUT2D eigenvalue weighted by Gasteiger charge is -2.31. The zero-order valence-corrected chi connectivity index (χ0v) is 23.4. The summed E-state index contributed by atoms with van der Waals surface area (Å²) < 4.78 is 50.3. The maximum Gasteiger partial charge on any atom is 0.424 e. The molecule has 0 fully saturated rings. The number of nitrogens with zero attached hydrogens (tertiary/aromatic N) is 3. The van der Waals surface area contributed by atoms with Crippen molar-refractivity contribution < 1.29 is 37.0 Å². The molecular formula is C20H31ClN3O8PS2. The minimum absolute atomic E-state index is 0.189. The van der Waals surface area contributed by atoms with E-state index in [1.165, 1.54) is 12.1 Å². The third-order valence-corrected chi connectivity index (χ3v) is 9.84. The highest BCUT2D eigenvalue weighted by molar-refractivity contribution is 8.36. The number of hydrogen-bond acceptors (Lipinski definition) is 9. The number of hydrazone groups is 1. The lowest BCUT2D eigenvalue weighted by atomic mass is 10.2. The quantitative estimate of drug-likeness (QED) is 0.341. The summed E-state index contributed by atoms with van der Waals surface area (Å²) in [5.74, 6) is 0.586. The number of rotatable bonds is 8. The van der Waals surface area contributed by atoms with Gasteiger partial charge >= 0.3 is 13.7 Å². The molecule has 1 aliphatic heterocycles. The summed E-state index contributed by atoms with van der Waals surface area (Å²) in [6.45, 7) is 8.47. The van der Waals surface area contributed by atoms with Crippen LogP contribution in [0.25, 0.3) is 0 Å². The van der Waals surface area contributed by atoms with E-state index in [0.717, 1.165) is 5.01 Å². The maximum atomic E-state index is 13.6. The molecule has 1 aliphatic rings. The fourth-order valence-electron chi connectivity index (χ4n) is 3.14. The number of thioether (sulfide) groups is 1. The number of ether oxygens (including phenoxy) is 2. The van der Waals surface area contributed by atoms with Gasteiger partial charge < -0.3 is 19.3 Å². The molecule has 0 aromatic heterocycles. The topological polar surface area (TPSA) is 146 Å². The molecule has 15 heteroatoms. The van der Waals surface area contributed by atoms with Crippen LogP contribution >= 0.6 is 31.0 Å². The van der Waals surface area contributed by atoms with E-state index in [0.29, 0.717) is 34.7 Å². The molecule has 2 rings (SSSR count). The fraction of sp³-hybridized carbons (Fsp3) is 0.600. The van der Waals surface area contributed by atoms with E-state index in [2.05, 4.69) is 5.10 Å². The van der Waals surface area contributed by atoms with Crippen LogP contribution in [-0.4, -0.2) is 62.2 Å². The predicted octanol–water partition coefficient (Wildman–Crippen LogP) is 4.35. The van der Waals surface area contributed by atoms with E-state index >= 15 is 0 Å². The first kappa shape index (κ1) is 29.7. The van der Waals surface area contributed by atoms with Crippen molar-refractivity contribution in [3.63, 3.8) is 0 Å². The maximum absolute atomic E-state index is 13.6. The summed E-state index contributed by atoms with van der Waals surface area (Å²) >= 11 is 6.01. The van der Waals surface area contributed by atoms with Crippen molar-refractivity contribution >= 4 is 57.1 Å². The van der Waals surface area contributed by atoms with E-state index in [1.54, 1.807) is 46.8 Å². The Morgan fingerprint density at radius 1 is 1.31 bits per heavy atom. The van der Waals surface area contributed by atoms with Gasteiger partial charge in [0, 0.05) is 6.07 Å². The summed E-state index contributed by atoms with van der Waals surface area (Å²) in [4.78, 5) is 32.9. The summed E-state index contributed by atoms with van der Waals surface area (Å²) in [7, 11) is -9.51. The number of hydrogen-bond donors (Lipinski definition) is 2. The van der Waals surface area contributed by atoms with Gasteiger partial charge in [-0.25, -0.2) is 9.80 Å². The average Bonchev–Trinajstić information content (AvgIpc) is 3.22. The highest BCUT2D eigenvalue weighted by atomic mass is 35.5. The Balaban J connectivity index is 2.56. The number of anilines is 1. The Hall–Kier alpha value is -1.50. The summed E-state index contributed by atoms with van der Waals surface area (Å²) in [5, 5.41) is 3.31. The molecule has 0 aliphatic carbocycles. The van der Waals surface area contributed by atoms with Crippen molar-refractivity contribution in [2.75, 3.05) is 17.5 Å². The molecule has 198 valence electrons. The number of carbonyl (C=O) groups excluding carboxylic acids is 1. The standard InChI is InChI=1S/C20H31ClN3O8PS2/c1-6-14(7-2)24(18(25)32-20(3,4)5)35(29,30)17-22-23(19(34-17)33(26,27)28)15-9-8-10-16(13-15)31-12-11-21/h8-10,13-14,19H,6-7,11-12H2,1-5H3,(H2,26,27,28). The molecule has 0 bridgehead atoms. The van der Waals surface area contributed by atoms with Crippen LogP contribution in [-0.2, 0) is 19.3 Å². The molecule has 0 radical (unpaired) electrons. The molecular weight excluding hydrogens is 541 g/mol. The SMILES string of the molecule is CCC(CC)N(C(=O)OC(C)(C)C)S(=O)(=O)C1=NN(c2cccc(OCCCl)c2)C(P(=O)(O)O)S1. The summed E-state index contributed by atoms with van der Waals surface area (Å²) in [6.07, 6.45) is -0.478. The zero-order valence-electron chi connectivity index (χ0n) is 20.1. The van der Waals surface area contributed by atoms with E-state index in [-0.39, 0.29) is 18.2 Å². The van der Waals surface area contributed by atoms with Crippen molar-refractivity contribution in [3.05, 3.63) is 24.3 Å². The van der Waals surface area contributed by atoms with Crippen molar-refractivity contribution in [2.24, 2.45) is 5.10 Å². The van der Waals surface area contributed by atoms with E-state index in [4.69, 9.17) is 21.1 Å². The second-order valence-corrected chi connectivity index (χ2v) is 14.0. The number of alkyl halides is 1. The predicted molar refractivity (Wildman–Crippen MR) is 137 cm³/mol. The van der Waals surface area contributed by atoms with Gasteiger partial charge in [0.2, 0.25) is 9.49 Å². The van der Waals surface area contributed by atoms with Crippen LogP contribution in [0.5, 0.6) is 5.75 Å². The van der Waals surface area contributed by atoms with Gasteiger partial charge in [0.05, 0.1) is 17.6 Å². The van der Waals surface area contributed by atoms with Crippen molar-refractivity contribution in [3.8, 4) is 5.75 Å². The van der Waals surface area contributed by atoms with Gasteiger partial charge in [-0.05, 0) is 45.7 Å². The number of benzene rings is 1. The average molecular weight is 572 g/mol. The first-order chi connectivity index (χ1) is 16.2. The van der Waals surface area contributed by atoms with Gasteiger partial charge in [0.25, 0.3) is 10.0 Å². The smallest absolute Gasteiger partial charge is 0.424 e. The molecule has 11 nitrogen and oxygen atoms in total. The van der Waals surface area contributed by atoms with E-state index < -0.39 is 44.8 Å². The van der Waals surface area contributed by atoms with Gasteiger partial charge in [-0.3, -0.25) is 4.57 Å². The normalized spacial score (nSPS) is 16.9. The molecule has 1 aromatic carbocycles. The Bertz CT molecular complexity index is 1090. The molecule has 35 heavy (non-hydrogen) atoms. The zero-order chi connectivity index (χ0) is 26.6. The van der Waals surface area contributed by atoms with Crippen LogP contribution in [0.15, 0.2) is 29.4 Å². The van der Waals surface area contributed by atoms with E-state index in [9.17, 15) is 27.6 Å². The van der Waals surface area contributed by atoms with Crippen molar-refractivity contribution in [1.29, 1.82) is 0 Å². The molecule has 1 aromatic rings. The minimum atomic E-state index is -4.89. The fourth-order valence-corrected chi connectivity index (χ4v) is 7.62. The van der Waals surface area contributed by atoms with Gasteiger partial charge in [0.1, 0.15) is 18.0 Å². The van der Waals surface area contributed by atoms with Gasteiger partial charge in [0.15, 0.2) is 0 Å². The third kappa shape index (κ3) is 7.50. The Kier molecular flexibility index (Phi) is 9.94.